The number of rotatable bonds is 6. The fraction of sp³-hybridized carbons (Fsp3) is 0.455. The summed E-state index contributed by atoms with van der Waals surface area (Å²) < 4.78 is 11.8. The van der Waals surface area contributed by atoms with Crippen molar-refractivity contribution in [2.24, 2.45) is 5.84 Å². The normalized spacial score (nSPS) is 9.78. The van der Waals surface area contributed by atoms with Crippen molar-refractivity contribution in [2.45, 2.75) is 12.8 Å². The summed E-state index contributed by atoms with van der Waals surface area (Å²) >= 11 is 0. The zero-order valence-corrected chi connectivity index (χ0v) is 10.7. The molecule has 1 aromatic rings. The molecular weight excluding hydrogens is 238 g/mol. The van der Waals surface area contributed by atoms with Gasteiger partial charge in [0.15, 0.2) is 0 Å². The highest BCUT2D eigenvalue weighted by atomic mass is 16.7. The van der Waals surface area contributed by atoms with Gasteiger partial charge in [-0.3, -0.25) is 15.1 Å². The Hall–Kier alpha value is -2.02. The van der Waals surface area contributed by atoms with Gasteiger partial charge in [0.25, 0.3) is 0 Å². The summed E-state index contributed by atoms with van der Waals surface area (Å²) in [7, 11) is 4.57. The van der Waals surface area contributed by atoms with Crippen molar-refractivity contribution in [3.8, 4) is 11.6 Å². The number of ether oxygens (including phenoxy) is 2. The van der Waals surface area contributed by atoms with Gasteiger partial charge in [0, 0.05) is 18.1 Å². The third-order valence-electron chi connectivity index (χ3n) is 2.42. The lowest BCUT2D eigenvalue weighted by Gasteiger charge is -2.06. The van der Waals surface area contributed by atoms with Crippen LogP contribution >= 0.6 is 0 Å². The number of aromatic nitrogens is 1. The van der Waals surface area contributed by atoms with E-state index in [-0.39, 0.29) is 12.3 Å². The van der Waals surface area contributed by atoms with E-state index in [4.69, 9.17) is 20.2 Å². The highest BCUT2D eigenvalue weighted by molar-refractivity contribution is 5.75. The summed E-state index contributed by atoms with van der Waals surface area (Å²) in [6.45, 7) is 0. The van der Waals surface area contributed by atoms with Gasteiger partial charge in [0.1, 0.15) is 7.11 Å². The molecule has 0 spiro atoms. The number of pyridine rings is 1. The van der Waals surface area contributed by atoms with Crippen LogP contribution in [0.3, 0.4) is 0 Å². The Morgan fingerprint density at radius 1 is 1.39 bits per heavy atom. The number of nitrogens with zero attached hydrogens (tertiary/aromatic N) is 1. The van der Waals surface area contributed by atoms with E-state index in [1.807, 2.05) is 0 Å². The molecule has 0 fully saturated rings. The summed E-state index contributed by atoms with van der Waals surface area (Å²) in [5, 5.41) is 0. The summed E-state index contributed by atoms with van der Waals surface area (Å²) in [6.07, 6.45) is 2.54. The highest BCUT2D eigenvalue weighted by Crippen LogP contribution is 2.23. The molecule has 0 aromatic carbocycles. The van der Waals surface area contributed by atoms with Crippen LogP contribution in [-0.2, 0) is 11.2 Å². The first-order chi connectivity index (χ1) is 8.65. The van der Waals surface area contributed by atoms with E-state index < -0.39 is 0 Å². The average molecular weight is 256 g/mol. The van der Waals surface area contributed by atoms with Gasteiger partial charge in [-0.25, -0.2) is 5.84 Å². The second-order valence-corrected chi connectivity index (χ2v) is 3.50. The van der Waals surface area contributed by atoms with Gasteiger partial charge in [-0.15, -0.1) is 0 Å². The molecule has 3 N–H and O–H groups in total. The molecule has 7 nitrogen and oxygen atoms in total. The standard InChI is InChI=1S/C11H17N3O4/c1-16-9-6-8(4-5-10(15)13-12)7-14(18-3)11(9)17-2/h6-7H,4-5,12H2,1-3H3/p+1. The molecule has 0 aliphatic rings. The molecule has 0 saturated heterocycles. The van der Waals surface area contributed by atoms with Crippen LogP contribution in [0.15, 0.2) is 12.3 Å². The molecule has 0 unspecified atom stereocenters. The zero-order valence-electron chi connectivity index (χ0n) is 10.7. The quantitative estimate of drug-likeness (QED) is 0.294. The molecule has 7 heteroatoms. The predicted octanol–water partition coefficient (Wildman–Crippen LogP) is -1.03. The first-order valence-electron chi connectivity index (χ1n) is 5.36. The predicted molar refractivity (Wildman–Crippen MR) is 62.9 cm³/mol. The molecule has 18 heavy (non-hydrogen) atoms. The lowest BCUT2D eigenvalue weighted by molar-refractivity contribution is -0.887. The van der Waals surface area contributed by atoms with Crippen molar-refractivity contribution >= 4 is 5.91 Å². The number of carbonyl (C=O) groups is 1. The molecule has 1 rings (SSSR count). The second-order valence-electron chi connectivity index (χ2n) is 3.50. The van der Waals surface area contributed by atoms with E-state index >= 15 is 0 Å². The molecular formula is C11H18N3O4+. The molecule has 0 bridgehead atoms. The minimum absolute atomic E-state index is 0.228. The van der Waals surface area contributed by atoms with Gasteiger partial charge in [-0.05, 0) is 6.42 Å². The molecule has 1 heterocycles. The van der Waals surface area contributed by atoms with Crippen LogP contribution in [0.1, 0.15) is 12.0 Å². The maximum absolute atomic E-state index is 11.1. The minimum Gasteiger partial charge on any atom is -0.488 e. The minimum atomic E-state index is -0.228. The maximum atomic E-state index is 11.1. The first-order valence-corrected chi connectivity index (χ1v) is 5.36. The number of nitrogens with two attached hydrogens (primary N) is 1. The number of hydrogen-bond acceptors (Lipinski definition) is 5. The van der Waals surface area contributed by atoms with Crippen LogP contribution in [0, 0.1) is 0 Å². The Labute approximate surface area is 105 Å². The van der Waals surface area contributed by atoms with E-state index in [9.17, 15) is 4.79 Å². The van der Waals surface area contributed by atoms with Crippen LogP contribution in [0.2, 0.25) is 0 Å². The molecule has 0 saturated carbocycles. The molecule has 0 radical (unpaired) electrons. The van der Waals surface area contributed by atoms with Gasteiger partial charge in [0.05, 0.1) is 19.0 Å². The van der Waals surface area contributed by atoms with E-state index in [1.54, 1.807) is 12.3 Å². The molecule has 0 atom stereocenters. The molecule has 100 valence electrons. The number of nitrogens with one attached hydrogen (secondary N) is 1. The number of methoxy groups -OCH3 is 2. The van der Waals surface area contributed by atoms with E-state index in [1.165, 1.54) is 26.1 Å². The number of hydrogen-bond donors (Lipinski definition) is 2. The Morgan fingerprint density at radius 2 is 2.11 bits per heavy atom. The average Bonchev–Trinajstić information content (AvgIpc) is 2.43. The zero-order chi connectivity index (χ0) is 13.5. The van der Waals surface area contributed by atoms with Crippen LogP contribution in [0.25, 0.3) is 0 Å². The van der Waals surface area contributed by atoms with Crippen molar-refractivity contribution < 1.29 is 23.8 Å². The number of aryl methyl sites for hydroxylation is 1. The summed E-state index contributed by atoms with van der Waals surface area (Å²) in [5.41, 5.74) is 2.96. The summed E-state index contributed by atoms with van der Waals surface area (Å²) in [5.74, 6) is 5.78. The number of carbonyl (C=O) groups excluding carboxylic acids is 1. The lowest BCUT2D eigenvalue weighted by atomic mass is 10.1. The molecule has 1 amide bonds. The number of hydrazine groups is 1. The largest absolute Gasteiger partial charge is 0.488 e. The lowest BCUT2D eigenvalue weighted by Crippen LogP contribution is -2.42. The summed E-state index contributed by atoms with van der Waals surface area (Å²) in [4.78, 5) is 16.2. The smallest absolute Gasteiger partial charge is 0.459 e. The fourth-order valence-electron chi connectivity index (χ4n) is 1.52. The van der Waals surface area contributed by atoms with Crippen LogP contribution in [0.4, 0.5) is 0 Å². The monoisotopic (exact) mass is 256 g/mol. The van der Waals surface area contributed by atoms with Gasteiger partial charge >= 0.3 is 5.88 Å². The van der Waals surface area contributed by atoms with Crippen LogP contribution in [0.5, 0.6) is 11.6 Å². The Kier molecular flexibility index (Phi) is 5.19. The Balaban J connectivity index is 2.96. The van der Waals surface area contributed by atoms with Crippen molar-refractivity contribution in [1.82, 2.24) is 5.43 Å². The second kappa shape index (κ2) is 6.65. The maximum Gasteiger partial charge on any atom is 0.459 e. The van der Waals surface area contributed by atoms with Gasteiger partial charge in [-0.2, -0.15) is 0 Å². The van der Waals surface area contributed by atoms with Gasteiger partial charge in [-0.1, -0.05) is 0 Å². The first kappa shape index (κ1) is 14.0. The fourth-order valence-corrected chi connectivity index (χ4v) is 1.52. The van der Waals surface area contributed by atoms with E-state index in [0.717, 1.165) is 5.56 Å². The van der Waals surface area contributed by atoms with Crippen molar-refractivity contribution in [2.75, 3.05) is 21.3 Å². The van der Waals surface area contributed by atoms with Crippen LogP contribution in [-0.4, -0.2) is 27.2 Å². The summed E-state index contributed by atoms with van der Waals surface area (Å²) in [6, 6.07) is 1.79. The third kappa shape index (κ3) is 3.24. The van der Waals surface area contributed by atoms with Gasteiger partial charge < -0.3 is 9.47 Å². The third-order valence-corrected chi connectivity index (χ3v) is 2.42. The SMILES string of the molecule is COc1cc(CCC(=O)NN)c[n+](OC)c1OC. The van der Waals surface area contributed by atoms with Crippen molar-refractivity contribution in [3.05, 3.63) is 17.8 Å². The molecule has 0 aliphatic heterocycles. The number of amides is 1. The molecule has 1 aromatic heterocycles. The van der Waals surface area contributed by atoms with Crippen molar-refractivity contribution in [3.63, 3.8) is 0 Å². The van der Waals surface area contributed by atoms with E-state index in [0.29, 0.717) is 18.1 Å². The Morgan fingerprint density at radius 3 is 2.61 bits per heavy atom. The highest BCUT2D eigenvalue weighted by Gasteiger charge is 2.22. The van der Waals surface area contributed by atoms with Crippen LogP contribution < -0.4 is 30.3 Å². The van der Waals surface area contributed by atoms with Crippen molar-refractivity contribution in [1.29, 1.82) is 0 Å². The van der Waals surface area contributed by atoms with Gasteiger partial charge in [0.2, 0.25) is 17.9 Å². The van der Waals surface area contributed by atoms with E-state index in [2.05, 4.69) is 5.43 Å². The Bertz CT molecular complexity index is 398. The topological polar surface area (TPSA) is 86.7 Å². The molecule has 0 aliphatic carbocycles.